The molecule has 0 fully saturated rings. The van der Waals surface area contributed by atoms with E-state index in [0.717, 1.165) is 12.1 Å². The molecule has 5 heteroatoms. The number of nitrogens with zero attached hydrogens (tertiary/aromatic N) is 1. The van der Waals surface area contributed by atoms with E-state index < -0.39 is 0 Å². The molecule has 2 N–H and O–H groups in total. The molecule has 0 amide bonds. The number of ether oxygens (including phenoxy) is 1. The van der Waals surface area contributed by atoms with Crippen LogP contribution < -0.4 is 10.5 Å². The Morgan fingerprint density at radius 1 is 1.62 bits per heavy atom. The van der Waals surface area contributed by atoms with Crippen molar-refractivity contribution < 1.29 is 4.74 Å². The number of pyridine rings is 1. The Hall–Kier alpha value is -0.770. The highest BCUT2D eigenvalue weighted by Gasteiger charge is 2.00. The fourth-order valence-electron chi connectivity index (χ4n) is 1.13. The maximum atomic E-state index is 5.68. The second-order valence-electron chi connectivity index (χ2n) is 3.51. The first kappa shape index (κ1) is 13.3. The van der Waals surface area contributed by atoms with Crippen LogP contribution >= 0.6 is 23.2 Å². The molecule has 0 aromatic carbocycles. The largest absolute Gasteiger partial charge is 0.486 e. The maximum Gasteiger partial charge on any atom is 0.138 e. The summed E-state index contributed by atoms with van der Waals surface area (Å²) in [5.41, 5.74) is 7.89. The van der Waals surface area contributed by atoms with Gasteiger partial charge in [0.05, 0.1) is 11.2 Å². The molecule has 0 saturated carbocycles. The molecule has 0 saturated heterocycles. The summed E-state index contributed by atoms with van der Waals surface area (Å²) in [7, 11) is 0. The molecule has 0 bridgehead atoms. The first-order chi connectivity index (χ1) is 7.61. The summed E-state index contributed by atoms with van der Waals surface area (Å²) in [6.45, 7) is 2.19. The Morgan fingerprint density at radius 3 is 2.88 bits per heavy atom. The highest BCUT2D eigenvalue weighted by molar-refractivity contribution is 6.36. The summed E-state index contributed by atoms with van der Waals surface area (Å²) in [6.07, 6.45) is 2.40. The van der Waals surface area contributed by atoms with Crippen LogP contribution in [-0.2, 0) is 6.42 Å². The number of hydrogen-bond donors (Lipinski definition) is 1. The van der Waals surface area contributed by atoms with Crippen molar-refractivity contribution in [2.24, 2.45) is 5.73 Å². The normalized spacial score (nSPS) is 13.6. The van der Waals surface area contributed by atoms with Crippen LogP contribution in [0, 0.1) is 0 Å². The molecule has 16 heavy (non-hydrogen) atoms. The van der Waals surface area contributed by atoms with E-state index in [4.69, 9.17) is 33.7 Å². The third-order valence-electron chi connectivity index (χ3n) is 1.82. The molecule has 1 aromatic rings. The van der Waals surface area contributed by atoms with E-state index in [-0.39, 0.29) is 12.6 Å². The van der Waals surface area contributed by atoms with Crippen molar-refractivity contribution in [3.05, 3.63) is 34.6 Å². The van der Waals surface area contributed by atoms with Crippen molar-refractivity contribution in [3.8, 4) is 5.75 Å². The minimum absolute atomic E-state index is 0.105. The molecule has 0 aliphatic heterocycles. The van der Waals surface area contributed by atoms with E-state index in [1.54, 1.807) is 6.20 Å². The van der Waals surface area contributed by atoms with E-state index in [0.29, 0.717) is 10.8 Å². The van der Waals surface area contributed by atoms with E-state index in [1.165, 1.54) is 5.54 Å². The Labute approximate surface area is 105 Å². The van der Waals surface area contributed by atoms with Gasteiger partial charge in [0.25, 0.3) is 0 Å². The van der Waals surface area contributed by atoms with Crippen LogP contribution in [0.2, 0.25) is 0 Å². The van der Waals surface area contributed by atoms with Gasteiger partial charge in [-0.15, -0.1) is 0 Å². The van der Waals surface area contributed by atoms with E-state index >= 15 is 0 Å². The summed E-state index contributed by atoms with van der Waals surface area (Å²) >= 11 is 11.1. The second-order valence-corrected chi connectivity index (χ2v) is 4.21. The van der Waals surface area contributed by atoms with Crippen LogP contribution in [0.3, 0.4) is 0 Å². The SMILES string of the molecule is CC(N)Cc1ccc(OCC(Cl)=CCl)cn1. The van der Waals surface area contributed by atoms with E-state index in [9.17, 15) is 0 Å². The summed E-state index contributed by atoms with van der Waals surface area (Å²) in [5, 5.41) is 0.446. The highest BCUT2D eigenvalue weighted by atomic mass is 35.5. The zero-order chi connectivity index (χ0) is 12.0. The molecule has 3 nitrogen and oxygen atoms in total. The molecule has 88 valence electrons. The van der Waals surface area contributed by atoms with Crippen LogP contribution in [-0.4, -0.2) is 17.6 Å². The molecule has 0 aliphatic carbocycles. The number of nitrogens with two attached hydrogens (primary N) is 1. The lowest BCUT2D eigenvalue weighted by Gasteiger charge is -2.07. The van der Waals surface area contributed by atoms with Crippen molar-refractivity contribution >= 4 is 23.2 Å². The molecule has 1 atom stereocenters. The lowest BCUT2D eigenvalue weighted by atomic mass is 10.2. The number of halogens is 2. The van der Waals surface area contributed by atoms with Crippen LogP contribution in [0.25, 0.3) is 0 Å². The van der Waals surface area contributed by atoms with Crippen molar-refractivity contribution in [3.63, 3.8) is 0 Å². The predicted octanol–water partition coefficient (Wildman–Crippen LogP) is 2.67. The van der Waals surface area contributed by atoms with Crippen molar-refractivity contribution in [1.82, 2.24) is 4.98 Å². The van der Waals surface area contributed by atoms with Crippen molar-refractivity contribution in [2.75, 3.05) is 6.61 Å². The van der Waals surface area contributed by atoms with Crippen LogP contribution in [0.15, 0.2) is 28.9 Å². The quantitative estimate of drug-likeness (QED) is 0.886. The fraction of sp³-hybridized carbons (Fsp3) is 0.364. The summed E-state index contributed by atoms with van der Waals surface area (Å²) in [4.78, 5) is 4.22. The third kappa shape index (κ3) is 4.84. The monoisotopic (exact) mass is 260 g/mol. The van der Waals surface area contributed by atoms with E-state index in [2.05, 4.69) is 4.98 Å². The van der Waals surface area contributed by atoms with Crippen LogP contribution in [0.4, 0.5) is 0 Å². The molecule has 1 unspecified atom stereocenters. The van der Waals surface area contributed by atoms with Gasteiger partial charge in [-0.1, -0.05) is 23.2 Å². The summed E-state index contributed by atoms with van der Waals surface area (Å²) in [6, 6.07) is 3.83. The molecular formula is C11H14Cl2N2O. The Kier molecular flexibility index (Phi) is 5.60. The number of hydrogen-bond acceptors (Lipinski definition) is 3. The third-order valence-corrected chi connectivity index (χ3v) is 2.42. The second kappa shape index (κ2) is 6.74. The molecule has 0 spiro atoms. The lowest BCUT2D eigenvalue weighted by Crippen LogP contribution is -2.18. The molecule has 0 radical (unpaired) electrons. The minimum Gasteiger partial charge on any atom is -0.486 e. The molecule has 1 rings (SSSR count). The first-order valence-corrected chi connectivity index (χ1v) is 5.71. The van der Waals surface area contributed by atoms with Gasteiger partial charge in [0.2, 0.25) is 0 Å². The molecule has 0 aliphatic rings. The van der Waals surface area contributed by atoms with Crippen molar-refractivity contribution in [2.45, 2.75) is 19.4 Å². The van der Waals surface area contributed by atoms with Crippen LogP contribution in [0.1, 0.15) is 12.6 Å². The van der Waals surface area contributed by atoms with Gasteiger partial charge in [0.15, 0.2) is 0 Å². The highest BCUT2D eigenvalue weighted by Crippen LogP contribution is 2.12. The Bertz CT molecular complexity index is 350. The van der Waals surface area contributed by atoms with Gasteiger partial charge < -0.3 is 10.5 Å². The smallest absolute Gasteiger partial charge is 0.138 e. The lowest BCUT2D eigenvalue weighted by molar-refractivity contribution is 0.357. The summed E-state index contributed by atoms with van der Waals surface area (Å²) < 4.78 is 5.34. The summed E-state index contributed by atoms with van der Waals surface area (Å²) in [5.74, 6) is 0.657. The zero-order valence-corrected chi connectivity index (χ0v) is 10.5. The van der Waals surface area contributed by atoms with Gasteiger partial charge >= 0.3 is 0 Å². The average molecular weight is 261 g/mol. The standard InChI is InChI=1S/C11H14Cl2N2O/c1-8(14)4-10-2-3-11(6-15-10)16-7-9(13)5-12/h2-3,5-6,8H,4,7,14H2,1H3. The fourth-order valence-corrected chi connectivity index (χ4v) is 1.25. The average Bonchev–Trinajstić information content (AvgIpc) is 2.27. The predicted molar refractivity (Wildman–Crippen MR) is 66.9 cm³/mol. The molecule has 1 heterocycles. The Morgan fingerprint density at radius 2 is 2.38 bits per heavy atom. The first-order valence-electron chi connectivity index (χ1n) is 4.90. The topological polar surface area (TPSA) is 48.1 Å². The van der Waals surface area contributed by atoms with Gasteiger partial charge in [-0.05, 0) is 19.1 Å². The van der Waals surface area contributed by atoms with Gasteiger partial charge in [-0.25, -0.2) is 0 Å². The van der Waals surface area contributed by atoms with E-state index in [1.807, 2.05) is 19.1 Å². The minimum atomic E-state index is 0.105. The van der Waals surface area contributed by atoms with Gasteiger partial charge in [0.1, 0.15) is 12.4 Å². The van der Waals surface area contributed by atoms with Gasteiger partial charge in [-0.2, -0.15) is 0 Å². The Balaban J connectivity index is 2.51. The molecule has 1 aromatic heterocycles. The maximum absolute atomic E-state index is 5.68. The van der Waals surface area contributed by atoms with Crippen molar-refractivity contribution in [1.29, 1.82) is 0 Å². The molecular weight excluding hydrogens is 247 g/mol. The van der Waals surface area contributed by atoms with Gasteiger partial charge in [0, 0.05) is 23.7 Å². The number of rotatable bonds is 5. The van der Waals surface area contributed by atoms with Gasteiger partial charge in [-0.3, -0.25) is 4.98 Å². The number of aromatic nitrogens is 1. The zero-order valence-electron chi connectivity index (χ0n) is 8.99. The van der Waals surface area contributed by atoms with Crippen LogP contribution in [0.5, 0.6) is 5.75 Å².